The number of nitrogens with zero attached hydrogens (tertiary/aromatic N) is 1. The molecule has 0 aliphatic carbocycles. The highest BCUT2D eigenvalue weighted by molar-refractivity contribution is 9.10. The predicted octanol–water partition coefficient (Wildman–Crippen LogP) is 3.32. The third kappa shape index (κ3) is 5.54. The van der Waals surface area contributed by atoms with Gasteiger partial charge in [0.05, 0.1) is 6.54 Å². The largest absolute Gasteiger partial charge is 0.330 e. The molecular weight excluding hydrogens is 366 g/mol. The van der Waals surface area contributed by atoms with Gasteiger partial charge in [0.2, 0.25) is 5.91 Å². The van der Waals surface area contributed by atoms with E-state index in [0.717, 1.165) is 35.1 Å². The van der Waals surface area contributed by atoms with Gasteiger partial charge in [-0.25, -0.2) is 0 Å². The second-order valence-corrected chi connectivity index (χ2v) is 6.62. The maximum absolute atomic E-state index is 12.3. The molecule has 0 radical (unpaired) electrons. The highest BCUT2D eigenvalue weighted by atomic mass is 79.9. The maximum atomic E-state index is 12.3. The van der Waals surface area contributed by atoms with Crippen molar-refractivity contribution in [3.63, 3.8) is 0 Å². The fraction of sp³-hybridized carbons (Fsp3) is 0.562. The van der Waals surface area contributed by atoms with Crippen LogP contribution in [0.25, 0.3) is 0 Å². The lowest BCUT2D eigenvalue weighted by Gasteiger charge is -2.35. The van der Waals surface area contributed by atoms with Crippen LogP contribution in [0.2, 0.25) is 0 Å². The molecule has 1 unspecified atom stereocenters. The van der Waals surface area contributed by atoms with Crippen molar-refractivity contribution in [2.24, 2.45) is 5.73 Å². The van der Waals surface area contributed by atoms with E-state index >= 15 is 0 Å². The summed E-state index contributed by atoms with van der Waals surface area (Å²) < 4.78 is 1.03. The average Bonchev–Trinajstić information content (AvgIpc) is 2.44. The predicted molar refractivity (Wildman–Crippen MR) is 97.6 cm³/mol. The number of anilines is 1. The van der Waals surface area contributed by atoms with Gasteiger partial charge in [-0.2, -0.15) is 0 Å². The molecule has 0 aromatic heterocycles. The van der Waals surface area contributed by atoms with Gasteiger partial charge in [0.1, 0.15) is 0 Å². The van der Waals surface area contributed by atoms with Crippen molar-refractivity contribution in [1.29, 1.82) is 0 Å². The highest BCUT2D eigenvalue weighted by Crippen LogP contribution is 2.21. The summed E-state index contributed by atoms with van der Waals surface area (Å²) >= 11 is 3.43. The van der Waals surface area contributed by atoms with Crippen LogP contribution < -0.4 is 11.1 Å². The van der Waals surface area contributed by atoms with Crippen LogP contribution in [0, 0.1) is 6.92 Å². The summed E-state index contributed by atoms with van der Waals surface area (Å²) in [6, 6.07) is 6.35. The lowest BCUT2D eigenvalue weighted by molar-refractivity contribution is -0.118. The summed E-state index contributed by atoms with van der Waals surface area (Å²) in [6.45, 7) is 4.14. The molecule has 124 valence electrons. The van der Waals surface area contributed by atoms with Crippen molar-refractivity contribution in [2.45, 2.75) is 38.6 Å². The van der Waals surface area contributed by atoms with Gasteiger partial charge in [-0.05, 0) is 63.0 Å². The van der Waals surface area contributed by atoms with Crippen LogP contribution in [0.4, 0.5) is 5.69 Å². The Hall–Kier alpha value is -0.620. The second kappa shape index (κ2) is 9.50. The molecule has 1 aromatic carbocycles. The molecule has 0 saturated carbocycles. The van der Waals surface area contributed by atoms with Crippen molar-refractivity contribution >= 4 is 39.9 Å². The van der Waals surface area contributed by atoms with Crippen LogP contribution in [0.15, 0.2) is 22.7 Å². The Morgan fingerprint density at radius 2 is 2.23 bits per heavy atom. The molecule has 1 amide bonds. The number of carbonyl (C=O) groups excluding carboxylic acids is 1. The smallest absolute Gasteiger partial charge is 0.238 e. The van der Waals surface area contributed by atoms with E-state index in [1.807, 2.05) is 25.1 Å². The van der Waals surface area contributed by atoms with Gasteiger partial charge in [0, 0.05) is 16.2 Å². The van der Waals surface area contributed by atoms with E-state index in [2.05, 4.69) is 26.1 Å². The molecule has 1 heterocycles. The van der Waals surface area contributed by atoms with Gasteiger partial charge in [-0.3, -0.25) is 9.69 Å². The van der Waals surface area contributed by atoms with Crippen molar-refractivity contribution in [3.8, 4) is 0 Å². The van der Waals surface area contributed by atoms with Crippen LogP contribution in [0.1, 0.15) is 31.2 Å². The number of nitrogens with one attached hydrogen (secondary N) is 1. The van der Waals surface area contributed by atoms with Crippen molar-refractivity contribution in [3.05, 3.63) is 28.2 Å². The van der Waals surface area contributed by atoms with Crippen molar-refractivity contribution < 1.29 is 4.79 Å². The molecule has 22 heavy (non-hydrogen) atoms. The monoisotopic (exact) mass is 389 g/mol. The number of amides is 1. The number of hydrogen-bond donors (Lipinski definition) is 2. The van der Waals surface area contributed by atoms with Gasteiger partial charge in [-0.1, -0.05) is 22.4 Å². The molecule has 1 aliphatic heterocycles. The standard InChI is InChI=1S/C16H24BrN3O.ClH/c1-12-10-13(17)5-6-15(12)19-16(21)11-20-9-3-2-4-14(20)7-8-18;/h5-6,10,14H,2-4,7-9,11,18H2,1H3,(H,19,21);1H. The van der Waals surface area contributed by atoms with E-state index in [4.69, 9.17) is 5.73 Å². The number of halogens is 2. The molecule has 1 aromatic rings. The first-order valence-electron chi connectivity index (χ1n) is 7.60. The number of hydrogen-bond acceptors (Lipinski definition) is 3. The number of rotatable bonds is 5. The Kier molecular flexibility index (Phi) is 8.39. The summed E-state index contributed by atoms with van der Waals surface area (Å²) in [5.74, 6) is 0.0596. The molecule has 4 nitrogen and oxygen atoms in total. The molecule has 6 heteroatoms. The van der Waals surface area contributed by atoms with E-state index < -0.39 is 0 Å². The number of piperidine rings is 1. The van der Waals surface area contributed by atoms with E-state index in [9.17, 15) is 4.79 Å². The van der Waals surface area contributed by atoms with E-state index in [0.29, 0.717) is 19.1 Å². The first-order valence-corrected chi connectivity index (χ1v) is 8.39. The topological polar surface area (TPSA) is 58.4 Å². The number of carbonyl (C=O) groups is 1. The maximum Gasteiger partial charge on any atom is 0.238 e. The van der Waals surface area contributed by atoms with Crippen LogP contribution >= 0.6 is 28.3 Å². The third-order valence-electron chi connectivity index (χ3n) is 4.06. The van der Waals surface area contributed by atoms with Crippen LogP contribution in [0.5, 0.6) is 0 Å². The molecule has 1 atom stereocenters. The molecule has 1 aliphatic rings. The van der Waals surface area contributed by atoms with Gasteiger partial charge in [0.15, 0.2) is 0 Å². The van der Waals surface area contributed by atoms with Crippen molar-refractivity contribution in [1.82, 2.24) is 4.90 Å². The number of benzene rings is 1. The molecule has 0 spiro atoms. The Morgan fingerprint density at radius 3 is 2.91 bits per heavy atom. The zero-order chi connectivity index (χ0) is 15.2. The normalized spacial score (nSPS) is 18.6. The molecule has 2 rings (SSSR count). The summed E-state index contributed by atoms with van der Waals surface area (Å²) in [6.07, 6.45) is 4.55. The van der Waals surface area contributed by atoms with Gasteiger partial charge >= 0.3 is 0 Å². The molecule has 3 N–H and O–H groups in total. The van der Waals surface area contributed by atoms with Crippen LogP contribution in [0.3, 0.4) is 0 Å². The lowest BCUT2D eigenvalue weighted by atomic mass is 9.99. The zero-order valence-corrected chi connectivity index (χ0v) is 15.4. The average molecular weight is 391 g/mol. The minimum Gasteiger partial charge on any atom is -0.330 e. The summed E-state index contributed by atoms with van der Waals surface area (Å²) in [4.78, 5) is 14.5. The van der Waals surface area contributed by atoms with Crippen LogP contribution in [-0.4, -0.2) is 36.5 Å². The number of nitrogens with two attached hydrogens (primary N) is 1. The number of likely N-dealkylation sites (tertiary alicyclic amines) is 1. The summed E-state index contributed by atoms with van der Waals surface area (Å²) in [5, 5.41) is 3.01. The first-order chi connectivity index (χ1) is 10.1. The van der Waals surface area contributed by atoms with Gasteiger partial charge in [0.25, 0.3) is 0 Å². The Labute approximate surface area is 147 Å². The van der Waals surface area contributed by atoms with E-state index in [1.54, 1.807) is 0 Å². The van der Waals surface area contributed by atoms with Crippen molar-refractivity contribution in [2.75, 3.05) is 25.0 Å². The van der Waals surface area contributed by atoms with Gasteiger partial charge < -0.3 is 11.1 Å². The molecule has 1 fully saturated rings. The fourth-order valence-electron chi connectivity index (χ4n) is 2.93. The Bertz CT molecular complexity index is 496. The number of aryl methyl sites for hydroxylation is 1. The third-order valence-corrected chi connectivity index (χ3v) is 4.55. The highest BCUT2D eigenvalue weighted by Gasteiger charge is 2.23. The summed E-state index contributed by atoms with van der Waals surface area (Å²) in [5.41, 5.74) is 7.63. The first kappa shape index (κ1) is 19.4. The zero-order valence-electron chi connectivity index (χ0n) is 13.0. The fourth-order valence-corrected chi connectivity index (χ4v) is 3.40. The molecule has 0 bridgehead atoms. The Morgan fingerprint density at radius 1 is 1.45 bits per heavy atom. The Balaban J connectivity index is 0.00000242. The second-order valence-electron chi connectivity index (χ2n) is 5.70. The van der Waals surface area contributed by atoms with E-state index in [1.165, 1.54) is 12.8 Å². The minimum absolute atomic E-state index is 0. The molecular formula is C16H25BrClN3O. The molecule has 1 saturated heterocycles. The lowest BCUT2D eigenvalue weighted by Crippen LogP contribution is -2.44. The quantitative estimate of drug-likeness (QED) is 0.811. The van der Waals surface area contributed by atoms with E-state index in [-0.39, 0.29) is 18.3 Å². The van der Waals surface area contributed by atoms with Gasteiger partial charge in [-0.15, -0.1) is 12.4 Å². The SMILES string of the molecule is Cc1cc(Br)ccc1NC(=O)CN1CCCCC1CCN.Cl. The summed E-state index contributed by atoms with van der Waals surface area (Å²) in [7, 11) is 0. The minimum atomic E-state index is 0. The van der Waals surface area contributed by atoms with Crippen LogP contribution in [-0.2, 0) is 4.79 Å².